The summed E-state index contributed by atoms with van der Waals surface area (Å²) in [6, 6.07) is 0.380. The van der Waals surface area contributed by atoms with E-state index in [1.807, 2.05) is 0 Å². The summed E-state index contributed by atoms with van der Waals surface area (Å²) in [5.41, 5.74) is 2.76. The van der Waals surface area contributed by atoms with Crippen molar-refractivity contribution < 1.29 is 73.1 Å². The molecule has 0 atom stereocenters. The maximum atomic E-state index is 12.4. The van der Waals surface area contributed by atoms with Gasteiger partial charge in [0, 0.05) is 5.69 Å². The van der Waals surface area contributed by atoms with Gasteiger partial charge in [0.15, 0.2) is 11.6 Å². The maximum Gasteiger partial charge on any atom is 1.00 e. The predicted octanol–water partition coefficient (Wildman–Crippen LogP) is -1.39. The van der Waals surface area contributed by atoms with Crippen LogP contribution in [0.3, 0.4) is 0 Å². The fourth-order valence-corrected chi connectivity index (χ4v) is 0.861. The summed E-state index contributed by atoms with van der Waals surface area (Å²) in [6.45, 7) is -5.39. The molecule has 72 valence electrons. The molecule has 0 radical (unpaired) electrons. The van der Waals surface area contributed by atoms with Crippen molar-refractivity contribution in [2.75, 3.05) is 5.73 Å². The van der Waals surface area contributed by atoms with Gasteiger partial charge in [0.1, 0.15) is 0 Å². The van der Waals surface area contributed by atoms with Crippen molar-refractivity contribution in [3.8, 4) is 0 Å². The van der Waals surface area contributed by atoms with Gasteiger partial charge < -0.3 is 18.7 Å². The van der Waals surface area contributed by atoms with Gasteiger partial charge >= 0.3 is 58.4 Å². The average Bonchev–Trinajstić information content (AvgIpc) is 1.94. The van der Waals surface area contributed by atoms with Gasteiger partial charge in [-0.05, 0) is 12.1 Å². The molecule has 8 heteroatoms. The minimum absolute atomic E-state index is 0. The molecule has 0 unspecified atom stereocenters. The molecule has 0 aliphatic rings. The number of hydrogen-bond acceptors (Lipinski definition) is 1. The van der Waals surface area contributed by atoms with Gasteiger partial charge in [0.2, 0.25) is 0 Å². The van der Waals surface area contributed by atoms with E-state index in [1.54, 1.807) is 0 Å². The van der Waals surface area contributed by atoms with Crippen LogP contribution >= 0.6 is 0 Å². The molecule has 1 aromatic carbocycles. The van der Waals surface area contributed by atoms with Gasteiger partial charge in [-0.2, -0.15) is 0 Å². The Bertz CT molecular complexity index is 340. The number of benzene rings is 1. The van der Waals surface area contributed by atoms with E-state index in [1.165, 1.54) is 0 Å². The Hall–Kier alpha value is 0.371. The Kier molecular flexibility index (Phi) is 5.06. The molecule has 0 bridgehead atoms. The van der Waals surface area contributed by atoms with Gasteiger partial charge in [-0.15, -0.1) is 0 Å². The number of halogens is 5. The Morgan fingerprint density at radius 2 is 1.43 bits per heavy atom. The van der Waals surface area contributed by atoms with Crippen LogP contribution in [0.2, 0.25) is 0 Å². The Morgan fingerprint density at radius 1 is 1.00 bits per heavy atom. The number of nitrogens with two attached hydrogens (primary N) is 1. The third-order valence-electron chi connectivity index (χ3n) is 1.48. The molecule has 2 N–H and O–H groups in total. The predicted molar refractivity (Wildman–Crippen MR) is 39.5 cm³/mol. The zero-order chi connectivity index (χ0) is 10.2. The number of rotatable bonds is 1. The van der Waals surface area contributed by atoms with Crippen molar-refractivity contribution in [2.45, 2.75) is 0 Å². The summed E-state index contributed by atoms with van der Waals surface area (Å²) >= 11 is 0. The molecular weight excluding hydrogens is 231 g/mol. The average molecular weight is 235 g/mol. The topological polar surface area (TPSA) is 26.0 Å². The zero-order valence-corrected chi connectivity index (χ0v) is 10.3. The van der Waals surface area contributed by atoms with Crippen LogP contribution in [-0.2, 0) is 0 Å². The summed E-state index contributed by atoms with van der Waals surface area (Å²) in [4.78, 5) is 0. The third-order valence-corrected chi connectivity index (χ3v) is 1.48. The Morgan fingerprint density at radius 3 is 1.86 bits per heavy atom. The van der Waals surface area contributed by atoms with Crippen LogP contribution in [0, 0.1) is 11.6 Å². The summed E-state index contributed by atoms with van der Waals surface area (Å²) in [5.74, 6) is -2.94. The standard InChI is InChI=1S/C6H4BF5N.K/c8-4-1-3(7(10,11)12)6(13)2-5(4)9;/h1-2H,13H2;/q-1;+1. The monoisotopic (exact) mass is 235 g/mol. The minimum Gasteiger partial charge on any atom is -0.445 e. The van der Waals surface area contributed by atoms with E-state index in [0.717, 1.165) is 0 Å². The van der Waals surface area contributed by atoms with E-state index in [-0.39, 0.29) is 57.5 Å². The van der Waals surface area contributed by atoms with Crippen molar-refractivity contribution in [1.29, 1.82) is 0 Å². The fourth-order valence-electron chi connectivity index (χ4n) is 0.861. The molecule has 0 heterocycles. The second-order valence-corrected chi connectivity index (χ2v) is 2.47. The van der Waals surface area contributed by atoms with Crippen molar-refractivity contribution in [3.63, 3.8) is 0 Å². The van der Waals surface area contributed by atoms with Gasteiger partial charge in [0.25, 0.3) is 0 Å². The van der Waals surface area contributed by atoms with Crippen LogP contribution in [0.25, 0.3) is 0 Å². The first kappa shape index (κ1) is 14.4. The summed E-state index contributed by atoms with van der Waals surface area (Å²) in [6.07, 6.45) is 0. The van der Waals surface area contributed by atoms with Gasteiger partial charge in [-0.3, -0.25) is 0 Å². The molecule has 1 aromatic rings. The quantitative estimate of drug-likeness (QED) is 0.362. The molecular formula is C6H4BF5KN. The Balaban J connectivity index is 0.00000169. The number of hydrogen-bond donors (Lipinski definition) is 1. The van der Waals surface area contributed by atoms with Crippen molar-refractivity contribution in [2.24, 2.45) is 0 Å². The van der Waals surface area contributed by atoms with E-state index < -0.39 is 29.8 Å². The summed E-state index contributed by atoms with van der Waals surface area (Å²) in [5, 5.41) is 0. The fraction of sp³-hybridized carbons (Fsp3) is 0. The number of anilines is 1. The van der Waals surface area contributed by atoms with Crippen LogP contribution in [0.1, 0.15) is 0 Å². The first-order valence-electron chi connectivity index (χ1n) is 3.26. The maximum absolute atomic E-state index is 12.4. The zero-order valence-electron chi connectivity index (χ0n) is 7.20. The molecule has 14 heavy (non-hydrogen) atoms. The molecule has 0 aliphatic carbocycles. The van der Waals surface area contributed by atoms with E-state index in [4.69, 9.17) is 5.73 Å². The van der Waals surface area contributed by atoms with Crippen LogP contribution in [0.5, 0.6) is 0 Å². The first-order chi connectivity index (χ1) is 5.82. The summed E-state index contributed by atoms with van der Waals surface area (Å²) < 4.78 is 60.9. The van der Waals surface area contributed by atoms with Crippen LogP contribution < -0.4 is 62.6 Å². The van der Waals surface area contributed by atoms with E-state index in [9.17, 15) is 21.7 Å². The molecule has 0 spiro atoms. The molecule has 0 fully saturated rings. The smallest absolute Gasteiger partial charge is 0.445 e. The van der Waals surface area contributed by atoms with E-state index in [0.29, 0.717) is 6.07 Å². The SMILES string of the molecule is Nc1cc(F)c(F)cc1[B-](F)(F)F.[K+]. The van der Waals surface area contributed by atoms with Crippen molar-refractivity contribution in [1.82, 2.24) is 0 Å². The third kappa shape index (κ3) is 3.20. The van der Waals surface area contributed by atoms with Crippen molar-refractivity contribution in [3.05, 3.63) is 23.8 Å². The van der Waals surface area contributed by atoms with Gasteiger partial charge in [-0.1, -0.05) is 5.46 Å². The molecule has 0 saturated heterocycles. The minimum atomic E-state index is -5.39. The Labute approximate surface area is 119 Å². The molecule has 0 amide bonds. The molecule has 1 rings (SSSR count). The largest absolute Gasteiger partial charge is 1.00 e. The normalized spacial score (nSPS) is 10.9. The second-order valence-electron chi connectivity index (χ2n) is 2.47. The number of nitrogen functional groups attached to an aromatic ring is 1. The van der Waals surface area contributed by atoms with Crippen molar-refractivity contribution >= 4 is 18.1 Å². The first-order valence-corrected chi connectivity index (χ1v) is 3.26. The van der Waals surface area contributed by atoms with Crippen LogP contribution in [-0.4, -0.2) is 6.98 Å². The second kappa shape index (κ2) is 4.93. The molecule has 1 nitrogen and oxygen atoms in total. The van der Waals surface area contributed by atoms with Crippen LogP contribution in [0.15, 0.2) is 12.1 Å². The molecule has 0 aliphatic heterocycles. The van der Waals surface area contributed by atoms with Gasteiger partial charge in [-0.25, -0.2) is 8.78 Å². The summed E-state index contributed by atoms with van der Waals surface area (Å²) in [7, 11) is 0. The van der Waals surface area contributed by atoms with E-state index in [2.05, 4.69) is 0 Å². The van der Waals surface area contributed by atoms with Crippen LogP contribution in [0.4, 0.5) is 27.4 Å². The molecule has 0 saturated carbocycles. The molecule has 0 aromatic heterocycles. The van der Waals surface area contributed by atoms with Gasteiger partial charge in [0.05, 0.1) is 0 Å². The van der Waals surface area contributed by atoms with E-state index >= 15 is 0 Å².